The van der Waals surface area contributed by atoms with Crippen LogP contribution < -0.4 is 4.90 Å². The van der Waals surface area contributed by atoms with E-state index >= 15 is 0 Å². The van der Waals surface area contributed by atoms with E-state index in [1.165, 1.54) is 0 Å². The molecule has 4 nitrogen and oxygen atoms in total. The highest BCUT2D eigenvalue weighted by Crippen LogP contribution is 2.44. The van der Waals surface area contributed by atoms with Crippen molar-refractivity contribution in [1.29, 1.82) is 5.26 Å². The van der Waals surface area contributed by atoms with E-state index in [1.54, 1.807) is 11.3 Å². The molecule has 2 aliphatic rings. The highest BCUT2D eigenvalue weighted by atomic mass is 35.5. The molecule has 0 aliphatic carbocycles. The van der Waals surface area contributed by atoms with Gasteiger partial charge in [-0.3, -0.25) is 4.99 Å². The molecule has 2 aliphatic heterocycles. The molecular weight excluding hydrogens is 389 g/mol. The van der Waals surface area contributed by atoms with Crippen molar-refractivity contribution in [3.8, 4) is 6.07 Å². The Balaban J connectivity index is 1.83. The fourth-order valence-electron chi connectivity index (χ4n) is 3.55. The van der Waals surface area contributed by atoms with Crippen LogP contribution >= 0.6 is 34.5 Å². The summed E-state index contributed by atoms with van der Waals surface area (Å²) in [5.74, 6) is 0.0861. The summed E-state index contributed by atoms with van der Waals surface area (Å²) < 4.78 is 5.46. The maximum absolute atomic E-state index is 9.96. The minimum atomic E-state index is 0.0861. The van der Waals surface area contributed by atoms with Gasteiger partial charge in [-0.25, -0.2) is 0 Å². The predicted octanol–water partition coefficient (Wildman–Crippen LogP) is 4.72. The number of morpholine rings is 1. The zero-order chi connectivity index (χ0) is 18.1. The quantitative estimate of drug-likeness (QED) is 0.725. The zero-order valence-electron chi connectivity index (χ0n) is 14.0. The third-order valence-corrected chi connectivity index (χ3v) is 6.76. The van der Waals surface area contributed by atoms with Gasteiger partial charge in [0, 0.05) is 31.8 Å². The van der Waals surface area contributed by atoms with Crippen LogP contribution in [-0.2, 0) is 4.74 Å². The molecule has 7 heteroatoms. The minimum absolute atomic E-state index is 0.0861. The van der Waals surface area contributed by atoms with Gasteiger partial charge in [-0.1, -0.05) is 29.3 Å². The monoisotopic (exact) mass is 405 g/mol. The van der Waals surface area contributed by atoms with E-state index < -0.39 is 0 Å². The molecule has 1 fully saturated rings. The lowest BCUT2D eigenvalue weighted by Gasteiger charge is -2.28. The Kier molecular flexibility index (Phi) is 5.19. The Morgan fingerprint density at radius 3 is 2.77 bits per heavy atom. The number of anilines is 1. The number of benzene rings is 1. The van der Waals surface area contributed by atoms with Crippen LogP contribution in [-0.4, -0.2) is 39.1 Å². The number of hydrogen-bond acceptors (Lipinski definition) is 5. The number of ether oxygens (including phenoxy) is 1. The van der Waals surface area contributed by atoms with Crippen LogP contribution in [0.1, 0.15) is 33.9 Å². The SMILES string of the molecule is N#Cc1c(N2CCOCC2)sc2c1C(c1ccc(Cl)c(Cl)c1)CCN=C2. The van der Waals surface area contributed by atoms with Gasteiger partial charge in [0.2, 0.25) is 0 Å². The van der Waals surface area contributed by atoms with Gasteiger partial charge in [-0.05, 0) is 29.7 Å². The van der Waals surface area contributed by atoms with Crippen LogP contribution in [0, 0.1) is 11.3 Å². The maximum atomic E-state index is 9.96. The maximum Gasteiger partial charge on any atom is 0.110 e. The molecular formula is C19H17Cl2N3OS. The lowest BCUT2D eigenvalue weighted by Crippen LogP contribution is -2.36. The molecule has 1 aromatic heterocycles. The zero-order valence-corrected chi connectivity index (χ0v) is 16.4. The molecule has 0 spiro atoms. The molecule has 1 aromatic carbocycles. The van der Waals surface area contributed by atoms with Gasteiger partial charge in [0.05, 0.1) is 33.7 Å². The molecule has 1 atom stereocenters. The summed E-state index contributed by atoms with van der Waals surface area (Å²) in [5.41, 5.74) is 2.91. The van der Waals surface area contributed by atoms with Gasteiger partial charge in [-0.2, -0.15) is 5.26 Å². The largest absolute Gasteiger partial charge is 0.378 e. The fraction of sp³-hybridized carbons (Fsp3) is 0.368. The molecule has 1 unspecified atom stereocenters. The molecule has 0 saturated carbocycles. The third kappa shape index (κ3) is 3.23. The van der Waals surface area contributed by atoms with Gasteiger partial charge in [-0.15, -0.1) is 11.3 Å². The second-order valence-corrected chi connectivity index (χ2v) is 8.17. The molecule has 4 rings (SSSR count). The number of halogens is 2. The molecule has 0 N–H and O–H groups in total. The summed E-state index contributed by atoms with van der Waals surface area (Å²) in [4.78, 5) is 7.85. The Bertz CT molecular complexity index is 897. The second kappa shape index (κ2) is 7.58. The lowest BCUT2D eigenvalue weighted by molar-refractivity contribution is 0.123. The number of fused-ring (bicyclic) bond motifs is 1. The first-order valence-corrected chi connectivity index (χ1v) is 10.1. The molecule has 3 heterocycles. The first kappa shape index (κ1) is 17.8. The number of nitriles is 1. The van der Waals surface area contributed by atoms with Crippen molar-refractivity contribution in [2.24, 2.45) is 4.99 Å². The summed E-state index contributed by atoms with van der Waals surface area (Å²) in [6.07, 6.45) is 2.76. The Labute approximate surface area is 166 Å². The van der Waals surface area contributed by atoms with Gasteiger partial charge in [0.1, 0.15) is 11.1 Å². The summed E-state index contributed by atoms with van der Waals surface area (Å²) in [5, 5.41) is 12.1. The second-order valence-electron chi connectivity index (χ2n) is 6.32. The fourth-order valence-corrected chi connectivity index (χ4v) is 5.11. The smallest absolute Gasteiger partial charge is 0.110 e. The van der Waals surface area contributed by atoms with Crippen molar-refractivity contribution in [3.63, 3.8) is 0 Å². The van der Waals surface area contributed by atoms with Crippen molar-refractivity contribution in [2.75, 3.05) is 37.7 Å². The average Bonchev–Trinajstić information content (AvgIpc) is 2.90. The summed E-state index contributed by atoms with van der Waals surface area (Å²) >= 11 is 14.0. The number of aliphatic imine (C=N–C) groups is 1. The lowest BCUT2D eigenvalue weighted by atomic mass is 9.87. The van der Waals surface area contributed by atoms with Crippen LogP contribution in [0.15, 0.2) is 23.2 Å². The molecule has 0 radical (unpaired) electrons. The number of nitrogens with zero attached hydrogens (tertiary/aromatic N) is 3. The normalized spacial score (nSPS) is 19.7. The van der Waals surface area contributed by atoms with Crippen LogP contribution in [0.5, 0.6) is 0 Å². The van der Waals surface area contributed by atoms with Crippen LogP contribution in [0.25, 0.3) is 0 Å². The molecule has 134 valence electrons. The van der Waals surface area contributed by atoms with E-state index in [1.807, 2.05) is 24.4 Å². The Morgan fingerprint density at radius 1 is 1.23 bits per heavy atom. The standard InChI is InChI=1S/C19H17Cl2N3OS/c20-15-2-1-12(9-16(15)21)13-3-4-23-11-17-18(13)14(10-22)19(26-17)24-5-7-25-8-6-24/h1-2,9,11,13H,3-8H2. The van der Waals surface area contributed by atoms with E-state index in [0.717, 1.165) is 52.6 Å². The van der Waals surface area contributed by atoms with Gasteiger partial charge >= 0.3 is 0 Å². The number of thiophene rings is 1. The van der Waals surface area contributed by atoms with Gasteiger partial charge in [0.25, 0.3) is 0 Å². The first-order chi connectivity index (χ1) is 12.7. The molecule has 26 heavy (non-hydrogen) atoms. The van der Waals surface area contributed by atoms with E-state index in [4.69, 9.17) is 27.9 Å². The van der Waals surface area contributed by atoms with Crippen molar-refractivity contribution in [1.82, 2.24) is 0 Å². The Hall–Kier alpha value is -1.58. The van der Waals surface area contributed by atoms with E-state index in [2.05, 4.69) is 16.0 Å². The summed E-state index contributed by atoms with van der Waals surface area (Å²) in [6.45, 7) is 3.73. The van der Waals surface area contributed by atoms with Crippen molar-refractivity contribution in [2.45, 2.75) is 12.3 Å². The van der Waals surface area contributed by atoms with Gasteiger partial charge < -0.3 is 9.64 Å². The van der Waals surface area contributed by atoms with Crippen molar-refractivity contribution in [3.05, 3.63) is 49.8 Å². The predicted molar refractivity (Wildman–Crippen MR) is 107 cm³/mol. The van der Waals surface area contributed by atoms with E-state index in [0.29, 0.717) is 23.3 Å². The first-order valence-electron chi connectivity index (χ1n) is 8.53. The molecule has 2 aromatic rings. The topological polar surface area (TPSA) is 48.6 Å². The average molecular weight is 406 g/mol. The van der Waals surface area contributed by atoms with Gasteiger partial charge in [0.15, 0.2) is 0 Å². The third-order valence-electron chi connectivity index (χ3n) is 4.82. The highest BCUT2D eigenvalue weighted by Gasteiger charge is 2.30. The minimum Gasteiger partial charge on any atom is -0.378 e. The molecule has 0 bridgehead atoms. The Morgan fingerprint density at radius 2 is 2.04 bits per heavy atom. The molecule has 0 amide bonds. The van der Waals surface area contributed by atoms with Crippen LogP contribution in [0.4, 0.5) is 5.00 Å². The highest BCUT2D eigenvalue weighted by molar-refractivity contribution is 7.18. The van der Waals surface area contributed by atoms with E-state index in [-0.39, 0.29) is 5.92 Å². The van der Waals surface area contributed by atoms with E-state index in [9.17, 15) is 5.26 Å². The van der Waals surface area contributed by atoms with Crippen LogP contribution in [0.2, 0.25) is 10.0 Å². The molecule has 1 saturated heterocycles. The van der Waals surface area contributed by atoms with Crippen molar-refractivity contribution < 1.29 is 4.74 Å². The summed E-state index contributed by atoms with van der Waals surface area (Å²) in [7, 11) is 0. The number of hydrogen-bond donors (Lipinski definition) is 0. The summed E-state index contributed by atoms with van der Waals surface area (Å²) in [6, 6.07) is 8.20. The van der Waals surface area contributed by atoms with Crippen molar-refractivity contribution >= 4 is 45.8 Å². The van der Waals surface area contributed by atoms with Crippen LogP contribution in [0.3, 0.4) is 0 Å². The number of rotatable bonds is 2.